The van der Waals surface area contributed by atoms with Crippen LogP contribution < -0.4 is 4.74 Å². The molecule has 5 nitrogen and oxygen atoms in total. The van der Waals surface area contributed by atoms with Gasteiger partial charge >= 0.3 is 0 Å². The van der Waals surface area contributed by atoms with Crippen LogP contribution >= 0.6 is 0 Å². The van der Waals surface area contributed by atoms with Gasteiger partial charge in [-0.3, -0.25) is 9.69 Å². The third kappa shape index (κ3) is 3.99. The number of carbonyl (C=O) groups is 1. The van der Waals surface area contributed by atoms with E-state index in [0.29, 0.717) is 45.0 Å². The van der Waals surface area contributed by atoms with Gasteiger partial charge in [0.1, 0.15) is 5.75 Å². The van der Waals surface area contributed by atoms with Crippen LogP contribution in [0.3, 0.4) is 0 Å². The van der Waals surface area contributed by atoms with Crippen molar-refractivity contribution >= 4 is 5.91 Å². The van der Waals surface area contributed by atoms with Gasteiger partial charge in [-0.25, -0.2) is 8.78 Å². The Morgan fingerprint density at radius 2 is 2.08 bits per heavy atom. The second-order valence-corrected chi connectivity index (χ2v) is 6.22. The normalized spacial score (nSPS) is 20.9. The lowest BCUT2D eigenvalue weighted by Crippen LogP contribution is -2.47. The van der Waals surface area contributed by atoms with Crippen molar-refractivity contribution in [1.82, 2.24) is 9.80 Å². The van der Waals surface area contributed by atoms with E-state index < -0.39 is 11.6 Å². The molecule has 136 valence electrons. The summed E-state index contributed by atoms with van der Waals surface area (Å²) in [4.78, 5) is 16.1. The van der Waals surface area contributed by atoms with Crippen LogP contribution in [-0.4, -0.2) is 61.7 Å². The van der Waals surface area contributed by atoms with Crippen molar-refractivity contribution in [1.29, 1.82) is 0 Å². The summed E-state index contributed by atoms with van der Waals surface area (Å²) in [5, 5.41) is 0. The van der Waals surface area contributed by atoms with Crippen LogP contribution in [0.15, 0.2) is 24.3 Å². The number of carbonyl (C=O) groups excluding carboxylic acids is 1. The fourth-order valence-electron chi connectivity index (χ4n) is 3.21. The molecule has 2 aliphatic heterocycles. The number of amides is 1. The van der Waals surface area contributed by atoms with Crippen LogP contribution in [0.2, 0.25) is 0 Å². The Bertz CT molecular complexity index is 658. The third-order valence-corrected chi connectivity index (χ3v) is 4.66. The van der Waals surface area contributed by atoms with E-state index in [1.165, 1.54) is 13.2 Å². The smallest absolute Gasteiger partial charge is 0.224 e. The van der Waals surface area contributed by atoms with Crippen LogP contribution in [0.4, 0.5) is 8.78 Å². The molecule has 0 bridgehead atoms. The molecule has 1 fully saturated rings. The summed E-state index contributed by atoms with van der Waals surface area (Å²) in [6, 6.07) is 2.30. The predicted octanol–water partition coefficient (Wildman–Crippen LogP) is 1.96. The molecule has 0 radical (unpaired) electrons. The molecule has 25 heavy (non-hydrogen) atoms. The maximum absolute atomic E-state index is 14.2. The number of halogens is 2. The SMILES string of the molecule is COc1ccc(F)c(F)c1CN1CCOC[C@@H]1CC(=O)N1CC=CC1. The maximum Gasteiger partial charge on any atom is 0.224 e. The standard InChI is InChI=1S/C18H22F2N2O3/c1-24-16-5-4-15(19)18(20)14(16)11-22-8-9-25-12-13(22)10-17(23)21-6-2-3-7-21/h2-5,13H,6-12H2,1H3/t13-/m0/s1. The van der Waals surface area contributed by atoms with Gasteiger partial charge in [0, 0.05) is 44.2 Å². The minimum atomic E-state index is -0.903. The molecule has 2 heterocycles. The van der Waals surface area contributed by atoms with Crippen LogP contribution in [0, 0.1) is 11.6 Å². The first-order chi connectivity index (χ1) is 12.1. The van der Waals surface area contributed by atoms with Gasteiger partial charge in [0.15, 0.2) is 11.6 Å². The zero-order valence-corrected chi connectivity index (χ0v) is 14.2. The molecule has 0 spiro atoms. The first-order valence-electron chi connectivity index (χ1n) is 8.35. The van der Waals surface area contributed by atoms with E-state index in [9.17, 15) is 13.6 Å². The van der Waals surface area contributed by atoms with Crippen molar-refractivity contribution in [3.8, 4) is 5.75 Å². The first kappa shape index (κ1) is 17.8. The van der Waals surface area contributed by atoms with Gasteiger partial charge in [-0.1, -0.05) is 12.2 Å². The Morgan fingerprint density at radius 3 is 2.80 bits per heavy atom. The van der Waals surface area contributed by atoms with Crippen molar-refractivity contribution in [2.75, 3.05) is 40.0 Å². The highest BCUT2D eigenvalue weighted by atomic mass is 19.2. The van der Waals surface area contributed by atoms with Gasteiger partial charge in [-0.2, -0.15) is 0 Å². The minimum Gasteiger partial charge on any atom is -0.496 e. The van der Waals surface area contributed by atoms with Gasteiger partial charge in [0.2, 0.25) is 5.91 Å². The Morgan fingerprint density at radius 1 is 1.32 bits per heavy atom. The fourth-order valence-corrected chi connectivity index (χ4v) is 3.21. The van der Waals surface area contributed by atoms with Crippen LogP contribution in [0.5, 0.6) is 5.75 Å². The zero-order valence-electron chi connectivity index (χ0n) is 14.2. The van der Waals surface area contributed by atoms with Gasteiger partial charge in [-0.15, -0.1) is 0 Å². The molecule has 0 aromatic heterocycles. The molecule has 0 saturated carbocycles. The predicted molar refractivity (Wildman–Crippen MR) is 88.3 cm³/mol. The molecule has 1 amide bonds. The molecule has 7 heteroatoms. The number of nitrogens with zero attached hydrogens (tertiary/aromatic N) is 2. The van der Waals surface area contributed by atoms with E-state index >= 15 is 0 Å². The quantitative estimate of drug-likeness (QED) is 0.760. The van der Waals surface area contributed by atoms with Crippen molar-refractivity contribution < 1.29 is 23.0 Å². The van der Waals surface area contributed by atoms with E-state index in [2.05, 4.69) is 0 Å². The second kappa shape index (κ2) is 7.93. The number of hydrogen-bond donors (Lipinski definition) is 0. The Hall–Kier alpha value is -1.99. The first-order valence-corrected chi connectivity index (χ1v) is 8.35. The Labute approximate surface area is 145 Å². The molecule has 3 rings (SSSR count). The van der Waals surface area contributed by atoms with E-state index in [1.807, 2.05) is 17.1 Å². The number of benzene rings is 1. The van der Waals surface area contributed by atoms with Crippen LogP contribution in [0.1, 0.15) is 12.0 Å². The van der Waals surface area contributed by atoms with Crippen LogP contribution in [0.25, 0.3) is 0 Å². The number of rotatable bonds is 5. The van der Waals surface area contributed by atoms with Crippen molar-refractivity contribution in [2.24, 2.45) is 0 Å². The number of methoxy groups -OCH3 is 1. The zero-order chi connectivity index (χ0) is 17.8. The van der Waals surface area contributed by atoms with E-state index in [1.54, 1.807) is 4.90 Å². The van der Waals surface area contributed by atoms with E-state index in [4.69, 9.17) is 9.47 Å². The molecule has 0 N–H and O–H groups in total. The van der Waals surface area contributed by atoms with Gasteiger partial charge in [0.05, 0.1) is 20.3 Å². The molecule has 0 unspecified atom stereocenters. The van der Waals surface area contributed by atoms with E-state index in [-0.39, 0.29) is 24.1 Å². The lowest BCUT2D eigenvalue weighted by molar-refractivity contribution is -0.133. The van der Waals surface area contributed by atoms with Crippen LogP contribution in [-0.2, 0) is 16.1 Å². The summed E-state index contributed by atoms with van der Waals surface area (Å²) in [6.45, 7) is 2.86. The largest absolute Gasteiger partial charge is 0.496 e. The second-order valence-electron chi connectivity index (χ2n) is 6.22. The number of morpholine rings is 1. The molecule has 0 aliphatic carbocycles. The third-order valence-electron chi connectivity index (χ3n) is 4.66. The highest BCUT2D eigenvalue weighted by Crippen LogP contribution is 2.27. The molecule has 1 aromatic rings. The summed E-state index contributed by atoms with van der Waals surface area (Å²) in [5.74, 6) is -1.46. The topological polar surface area (TPSA) is 42.0 Å². The molecule has 1 aromatic carbocycles. The monoisotopic (exact) mass is 352 g/mol. The highest BCUT2D eigenvalue weighted by Gasteiger charge is 2.29. The molecule has 1 atom stereocenters. The summed E-state index contributed by atoms with van der Waals surface area (Å²) >= 11 is 0. The summed E-state index contributed by atoms with van der Waals surface area (Å²) < 4.78 is 38.5. The van der Waals surface area contributed by atoms with Crippen molar-refractivity contribution in [3.63, 3.8) is 0 Å². The molecule has 1 saturated heterocycles. The maximum atomic E-state index is 14.2. The lowest BCUT2D eigenvalue weighted by Gasteiger charge is -2.36. The lowest BCUT2D eigenvalue weighted by atomic mass is 10.1. The number of hydrogen-bond acceptors (Lipinski definition) is 4. The van der Waals surface area contributed by atoms with Gasteiger partial charge in [0.25, 0.3) is 0 Å². The Balaban J connectivity index is 1.73. The fraction of sp³-hybridized carbons (Fsp3) is 0.500. The minimum absolute atomic E-state index is 0.0391. The average molecular weight is 352 g/mol. The average Bonchev–Trinajstić information content (AvgIpc) is 3.15. The molecular formula is C18H22F2N2O3. The molecular weight excluding hydrogens is 330 g/mol. The summed E-state index contributed by atoms with van der Waals surface area (Å²) in [6.07, 6.45) is 4.21. The van der Waals surface area contributed by atoms with Crippen molar-refractivity contribution in [3.05, 3.63) is 41.5 Å². The summed E-state index contributed by atoms with van der Waals surface area (Å²) in [5.41, 5.74) is 0.171. The number of ether oxygens (including phenoxy) is 2. The Kier molecular flexibility index (Phi) is 5.65. The van der Waals surface area contributed by atoms with E-state index in [0.717, 1.165) is 6.07 Å². The summed E-state index contributed by atoms with van der Waals surface area (Å²) in [7, 11) is 1.43. The highest BCUT2D eigenvalue weighted by molar-refractivity contribution is 5.77. The molecule has 2 aliphatic rings. The van der Waals surface area contributed by atoms with Gasteiger partial charge in [-0.05, 0) is 12.1 Å². The van der Waals surface area contributed by atoms with Gasteiger partial charge < -0.3 is 14.4 Å². The van der Waals surface area contributed by atoms with Crippen molar-refractivity contribution in [2.45, 2.75) is 19.0 Å².